The topological polar surface area (TPSA) is 93.1 Å². The van der Waals surface area contributed by atoms with E-state index in [1.54, 1.807) is 19.3 Å². The van der Waals surface area contributed by atoms with Crippen LogP contribution >= 0.6 is 0 Å². The SMILES string of the molecule is Cn1c(Nc2ccc3c(c2)CC2(C3)C(=O)Nc3ncccc32)cc(C=O)cc1=O. The Morgan fingerprint density at radius 2 is 1.97 bits per heavy atom. The van der Waals surface area contributed by atoms with Gasteiger partial charge in [-0.15, -0.1) is 0 Å². The number of carbonyl (C=O) groups is 2. The minimum atomic E-state index is -0.616. The molecule has 0 radical (unpaired) electrons. The maximum atomic E-state index is 12.8. The Kier molecular flexibility index (Phi) is 3.67. The number of pyridine rings is 2. The molecule has 29 heavy (non-hydrogen) atoms. The normalized spacial score (nSPS) is 19.0. The van der Waals surface area contributed by atoms with Gasteiger partial charge in [0.05, 0.1) is 5.41 Å². The van der Waals surface area contributed by atoms with Gasteiger partial charge in [0.15, 0.2) is 0 Å². The van der Waals surface area contributed by atoms with Crippen molar-refractivity contribution < 1.29 is 9.59 Å². The van der Waals surface area contributed by atoms with Gasteiger partial charge in [0.1, 0.15) is 17.9 Å². The van der Waals surface area contributed by atoms with Crippen LogP contribution in [0.25, 0.3) is 0 Å². The summed E-state index contributed by atoms with van der Waals surface area (Å²) in [7, 11) is 1.65. The monoisotopic (exact) mass is 386 g/mol. The van der Waals surface area contributed by atoms with Crippen molar-refractivity contribution in [1.29, 1.82) is 0 Å². The summed E-state index contributed by atoms with van der Waals surface area (Å²) >= 11 is 0. The molecule has 0 bridgehead atoms. The van der Waals surface area contributed by atoms with Crippen LogP contribution < -0.4 is 16.2 Å². The third-order valence-electron chi connectivity index (χ3n) is 5.87. The zero-order valence-corrected chi connectivity index (χ0v) is 15.7. The van der Waals surface area contributed by atoms with Crippen LogP contribution in [0.1, 0.15) is 27.0 Å². The molecule has 2 aliphatic rings. The molecule has 1 aliphatic heterocycles. The lowest BCUT2D eigenvalue weighted by atomic mass is 9.79. The summed E-state index contributed by atoms with van der Waals surface area (Å²) in [5, 5.41) is 6.13. The van der Waals surface area contributed by atoms with E-state index >= 15 is 0 Å². The average Bonchev–Trinajstić information content (AvgIpc) is 3.23. The van der Waals surface area contributed by atoms with E-state index in [2.05, 4.69) is 15.6 Å². The van der Waals surface area contributed by atoms with Crippen LogP contribution in [0.5, 0.6) is 0 Å². The highest BCUT2D eigenvalue weighted by molar-refractivity contribution is 6.06. The smallest absolute Gasteiger partial charge is 0.252 e. The molecule has 2 aromatic heterocycles. The Morgan fingerprint density at radius 3 is 2.79 bits per heavy atom. The Hall–Kier alpha value is -3.74. The summed E-state index contributed by atoms with van der Waals surface area (Å²) in [4.78, 5) is 40.2. The maximum absolute atomic E-state index is 12.8. The molecule has 0 saturated carbocycles. The second kappa shape index (κ2) is 6.13. The first-order valence-corrected chi connectivity index (χ1v) is 9.32. The van der Waals surface area contributed by atoms with Crippen LogP contribution in [0.15, 0.2) is 53.5 Å². The van der Waals surface area contributed by atoms with Crippen molar-refractivity contribution in [2.45, 2.75) is 18.3 Å². The van der Waals surface area contributed by atoms with E-state index in [0.717, 1.165) is 22.4 Å². The van der Waals surface area contributed by atoms with Crippen molar-refractivity contribution in [2.24, 2.45) is 7.05 Å². The third-order valence-corrected chi connectivity index (χ3v) is 5.87. The third kappa shape index (κ3) is 2.58. The number of benzene rings is 1. The molecular formula is C22H18N4O3. The number of aromatic nitrogens is 2. The molecule has 7 heteroatoms. The van der Waals surface area contributed by atoms with Gasteiger partial charge >= 0.3 is 0 Å². The highest BCUT2D eigenvalue weighted by Gasteiger charge is 2.51. The number of hydrogen-bond donors (Lipinski definition) is 2. The predicted molar refractivity (Wildman–Crippen MR) is 109 cm³/mol. The lowest BCUT2D eigenvalue weighted by Gasteiger charge is -2.20. The van der Waals surface area contributed by atoms with E-state index < -0.39 is 5.41 Å². The van der Waals surface area contributed by atoms with E-state index in [-0.39, 0.29) is 11.5 Å². The molecule has 0 fully saturated rings. The van der Waals surface area contributed by atoms with Crippen molar-refractivity contribution in [3.63, 3.8) is 0 Å². The van der Waals surface area contributed by atoms with Crippen molar-refractivity contribution in [3.8, 4) is 0 Å². The van der Waals surface area contributed by atoms with Crippen LogP contribution in [0.2, 0.25) is 0 Å². The first-order chi connectivity index (χ1) is 14.0. The van der Waals surface area contributed by atoms with E-state index in [9.17, 15) is 14.4 Å². The van der Waals surface area contributed by atoms with Crippen molar-refractivity contribution in [3.05, 3.63) is 81.3 Å². The van der Waals surface area contributed by atoms with Crippen LogP contribution in [0, 0.1) is 0 Å². The number of amides is 1. The summed E-state index contributed by atoms with van der Waals surface area (Å²) in [6.45, 7) is 0. The summed E-state index contributed by atoms with van der Waals surface area (Å²) in [6, 6.07) is 12.7. The quantitative estimate of drug-likeness (QED) is 0.674. The van der Waals surface area contributed by atoms with Gasteiger partial charge in [-0.3, -0.25) is 19.0 Å². The van der Waals surface area contributed by atoms with Crippen LogP contribution in [-0.4, -0.2) is 21.7 Å². The fourth-order valence-corrected chi connectivity index (χ4v) is 4.34. The molecule has 0 saturated heterocycles. The van der Waals surface area contributed by atoms with Crippen LogP contribution in [-0.2, 0) is 30.1 Å². The largest absolute Gasteiger partial charge is 0.342 e. The number of anilines is 3. The fourth-order valence-electron chi connectivity index (χ4n) is 4.34. The first kappa shape index (κ1) is 17.4. The number of hydrogen-bond acceptors (Lipinski definition) is 5. The number of rotatable bonds is 3. The minimum Gasteiger partial charge on any atom is -0.342 e. The Bertz CT molecular complexity index is 1250. The lowest BCUT2D eigenvalue weighted by Crippen LogP contribution is -2.35. The van der Waals surface area contributed by atoms with E-state index in [1.807, 2.05) is 30.3 Å². The zero-order chi connectivity index (χ0) is 20.2. The Labute approximate surface area is 166 Å². The minimum absolute atomic E-state index is 0.0157. The van der Waals surface area contributed by atoms with Gasteiger partial charge < -0.3 is 10.6 Å². The molecular weight excluding hydrogens is 368 g/mol. The molecule has 144 valence electrons. The number of aldehydes is 1. The number of fused-ring (bicyclic) bond motifs is 3. The van der Waals surface area contributed by atoms with Gasteiger partial charge in [-0.05, 0) is 48.2 Å². The molecule has 2 N–H and O–H groups in total. The first-order valence-electron chi connectivity index (χ1n) is 9.32. The molecule has 1 spiro atoms. The summed E-state index contributed by atoms with van der Waals surface area (Å²) in [6.07, 6.45) is 3.56. The number of nitrogens with one attached hydrogen (secondary N) is 2. The van der Waals surface area contributed by atoms with E-state index in [1.165, 1.54) is 10.6 Å². The fraction of sp³-hybridized carbons (Fsp3) is 0.182. The van der Waals surface area contributed by atoms with Crippen LogP contribution in [0.4, 0.5) is 17.3 Å². The molecule has 7 nitrogen and oxygen atoms in total. The van der Waals surface area contributed by atoms with Gasteiger partial charge in [0, 0.05) is 36.1 Å². The van der Waals surface area contributed by atoms with Crippen molar-refractivity contribution in [1.82, 2.24) is 9.55 Å². The van der Waals surface area contributed by atoms with E-state index in [0.29, 0.717) is 36.3 Å². The molecule has 1 aliphatic carbocycles. The highest BCUT2D eigenvalue weighted by atomic mass is 16.2. The molecule has 3 aromatic rings. The molecule has 1 unspecified atom stereocenters. The summed E-state index contributed by atoms with van der Waals surface area (Å²) < 4.78 is 1.45. The van der Waals surface area contributed by atoms with Gasteiger partial charge in [0.25, 0.3) is 5.56 Å². The van der Waals surface area contributed by atoms with Gasteiger partial charge in [-0.1, -0.05) is 12.1 Å². The standard InChI is InChI=1S/C22H18N4O3/c1-26-18(7-13(12-27)8-19(26)28)24-16-5-4-14-10-22(11-15(14)9-16)17-3-2-6-23-20(17)25-21(22)29/h2-9,12,24H,10-11H2,1H3,(H,23,25,29). The van der Waals surface area contributed by atoms with Crippen molar-refractivity contribution >= 4 is 29.5 Å². The maximum Gasteiger partial charge on any atom is 0.252 e. The van der Waals surface area contributed by atoms with Gasteiger partial charge in [-0.2, -0.15) is 0 Å². The van der Waals surface area contributed by atoms with Crippen molar-refractivity contribution in [2.75, 3.05) is 10.6 Å². The molecule has 1 atom stereocenters. The predicted octanol–water partition coefficient (Wildman–Crippen LogP) is 2.33. The Morgan fingerprint density at radius 1 is 1.14 bits per heavy atom. The van der Waals surface area contributed by atoms with Gasteiger partial charge in [-0.25, -0.2) is 4.98 Å². The number of carbonyl (C=O) groups excluding carboxylic acids is 2. The van der Waals surface area contributed by atoms with Gasteiger partial charge in [0.2, 0.25) is 5.91 Å². The zero-order valence-electron chi connectivity index (χ0n) is 15.7. The summed E-state index contributed by atoms with van der Waals surface area (Å²) in [5.74, 6) is 1.16. The highest BCUT2D eigenvalue weighted by Crippen LogP contribution is 2.47. The number of nitrogens with zero attached hydrogens (tertiary/aromatic N) is 2. The van der Waals surface area contributed by atoms with E-state index in [4.69, 9.17) is 0 Å². The molecule has 1 amide bonds. The second-order valence-electron chi connectivity index (χ2n) is 7.59. The molecule has 1 aromatic carbocycles. The summed E-state index contributed by atoms with van der Waals surface area (Å²) in [5.41, 5.74) is 3.39. The lowest BCUT2D eigenvalue weighted by molar-refractivity contribution is -0.120. The average molecular weight is 386 g/mol. The van der Waals surface area contributed by atoms with Crippen LogP contribution in [0.3, 0.4) is 0 Å². The molecule has 5 rings (SSSR count). The molecule has 3 heterocycles. The second-order valence-corrected chi connectivity index (χ2v) is 7.59. The Balaban J connectivity index is 1.50.